The van der Waals surface area contributed by atoms with Crippen LogP contribution in [0.4, 0.5) is 4.39 Å². The molecule has 0 saturated carbocycles. The van der Waals surface area contributed by atoms with Gasteiger partial charge < -0.3 is 9.26 Å². The SMILES string of the molecule is N#Cc1ccc(OCc2conc2Cc2cccc(F)c2)nc1. The molecule has 3 rings (SSSR count). The van der Waals surface area contributed by atoms with E-state index in [2.05, 4.69) is 10.1 Å². The van der Waals surface area contributed by atoms with E-state index in [1.165, 1.54) is 24.6 Å². The molecule has 2 heterocycles. The van der Waals surface area contributed by atoms with Crippen molar-refractivity contribution in [3.05, 3.63) is 77.1 Å². The predicted molar refractivity (Wildman–Crippen MR) is 79.0 cm³/mol. The first-order valence-electron chi connectivity index (χ1n) is 6.90. The van der Waals surface area contributed by atoms with Gasteiger partial charge in [0.1, 0.15) is 24.8 Å². The number of hydrogen-bond acceptors (Lipinski definition) is 5. The number of halogens is 1. The Morgan fingerprint density at radius 3 is 2.91 bits per heavy atom. The lowest BCUT2D eigenvalue weighted by atomic mass is 10.1. The Balaban J connectivity index is 1.67. The number of pyridine rings is 1. The third-order valence-corrected chi connectivity index (χ3v) is 3.23. The first kappa shape index (κ1) is 14.7. The molecule has 0 atom stereocenters. The molecule has 0 aliphatic rings. The van der Waals surface area contributed by atoms with Crippen LogP contribution in [0.3, 0.4) is 0 Å². The molecule has 1 aromatic carbocycles. The number of ether oxygens (including phenoxy) is 1. The lowest BCUT2D eigenvalue weighted by Crippen LogP contribution is -2.01. The van der Waals surface area contributed by atoms with Crippen LogP contribution in [0.15, 0.2) is 53.4 Å². The van der Waals surface area contributed by atoms with E-state index < -0.39 is 0 Å². The quantitative estimate of drug-likeness (QED) is 0.723. The minimum Gasteiger partial charge on any atom is -0.473 e. The fraction of sp³-hybridized carbons (Fsp3) is 0.118. The summed E-state index contributed by atoms with van der Waals surface area (Å²) in [6.07, 6.45) is 3.39. The van der Waals surface area contributed by atoms with Gasteiger partial charge in [-0.3, -0.25) is 0 Å². The number of hydrogen-bond donors (Lipinski definition) is 0. The summed E-state index contributed by atoms with van der Waals surface area (Å²) in [7, 11) is 0. The number of rotatable bonds is 5. The van der Waals surface area contributed by atoms with Gasteiger partial charge in [0.15, 0.2) is 0 Å². The van der Waals surface area contributed by atoms with Gasteiger partial charge in [0.05, 0.1) is 16.8 Å². The molecule has 0 radical (unpaired) electrons. The summed E-state index contributed by atoms with van der Waals surface area (Å²) in [6.45, 7) is 0.229. The standard InChI is InChI=1S/C17H12FN3O2/c18-15-3-1-2-12(6-15)7-16-14(11-23-21-16)10-22-17-5-4-13(8-19)9-20-17/h1-6,9,11H,7,10H2. The molecule has 0 aliphatic heterocycles. The monoisotopic (exact) mass is 309 g/mol. The average Bonchev–Trinajstić information content (AvgIpc) is 3.00. The number of nitriles is 1. The number of benzene rings is 1. The molecule has 23 heavy (non-hydrogen) atoms. The molecule has 2 aromatic heterocycles. The van der Waals surface area contributed by atoms with E-state index >= 15 is 0 Å². The molecule has 0 unspecified atom stereocenters. The Labute approximate surface area is 131 Å². The molecule has 0 saturated heterocycles. The van der Waals surface area contributed by atoms with E-state index in [0.29, 0.717) is 23.6 Å². The van der Waals surface area contributed by atoms with Gasteiger partial charge >= 0.3 is 0 Å². The highest BCUT2D eigenvalue weighted by molar-refractivity contribution is 5.29. The van der Waals surface area contributed by atoms with Gasteiger partial charge in [0.25, 0.3) is 0 Å². The van der Waals surface area contributed by atoms with Crippen molar-refractivity contribution in [2.24, 2.45) is 0 Å². The molecule has 5 nitrogen and oxygen atoms in total. The van der Waals surface area contributed by atoms with E-state index in [1.807, 2.05) is 12.1 Å². The van der Waals surface area contributed by atoms with E-state index in [4.69, 9.17) is 14.5 Å². The minimum absolute atomic E-state index is 0.229. The van der Waals surface area contributed by atoms with Crippen LogP contribution in [0, 0.1) is 17.1 Å². The highest BCUT2D eigenvalue weighted by atomic mass is 19.1. The summed E-state index contributed by atoms with van der Waals surface area (Å²) in [5, 5.41) is 12.7. The Morgan fingerprint density at radius 1 is 1.26 bits per heavy atom. The van der Waals surface area contributed by atoms with Crippen LogP contribution in [-0.2, 0) is 13.0 Å². The van der Waals surface area contributed by atoms with Crippen LogP contribution in [0.2, 0.25) is 0 Å². The molecule has 0 aliphatic carbocycles. The summed E-state index contributed by atoms with van der Waals surface area (Å²) in [6, 6.07) is 11.6. The molecule has 0 bridgehead atoms. The lowest BCUT2D eigenvalue weighted by Gasteiger charge is -2.05. The van der Waals surface area contributed by atoms with E-state index in [-0.39, 0.29) is 12.4 Å². The zero-order chi connectivity index (χ0) is 16.1. The third-order valence-electron chi connectivity index (χ3n) is 3.23. The molecular formula is C17H12FN3O2. The van der Waals surface area contributed by atoms with Crippen LogP contribution in [0.5, 0.6) is 5.88 Å². The van der Waals surface area contributed by atoms with Crippen molar-refractivity contribution in [1.82, 2.24) is 10.1 Å². The Bertz CT molecular complexity index is 838. The summed E-state index contributed by atoms with van der Waals surface area (Å²) < 4.78 is 23.8. The van der Waals surface area contributed by atoms with Crippen molar-refractivity contribution < 1.29 is 13.7 Å². The first-order chi connectivity index (χ1) is 11.2. The molecule has 0 spiro atoms. The second-order valence-electron chi connectivity index (χ2n) is 4.88. The van der Waals surface area contributed by atoms with Crippen molar-refractivity contribution in [2.75, 3.05) is 0 Å². The van der Waals surface area contributed by atoms with Crippen molar-refractivity contribution in [1.29, 1.82) is 5.26 Å². The van der Waals surface area contributed by atoms with Crippen molar-refractivity contribution in [3.8, 4) is 11.9 Å². The van der Waals surface area contributed by atoms with Crippen molar-refractivity contribution in [2.45, 2.75) is 13.0 Å². The minimum atomic E-state index is -0.287. The Hall–Kier alpha value is -3.20. The van der Waals surface area contributed by atoms with Gasteiger partial charge in [-0.25, -0.2) is 9.37 Å². The maximum absolute atomic E-state index is 13.2. The normalized spacial score (nSPS) is 10.3. The van der Waals surface area contributed by atoms with E-state index in [9.17, 15) is 4.39 Å². The lowest BCUT2D eigenvalue weighted by molar-refractivity contribution is 0.291. The summed E-state index contributed by atoms with van der Waals surface area (Å²) in [5.74, 6) is 0.118. The van der Waals surface area contributed by atoms with E-state index in [0.717, 1.165) is 11.1 Å². The second kappa shape index (κ2) is 6.71. The molecule has 0 N–H and O–H groups in total. The summed E-state index contributed by atoms with van der Waals surface area (Å²) in [5.41, 5.74) is 2.72. The molecule has 0 amide bonds. The van der Waals surface area contributed by atoms with Crippen molar-refractivity contribution >= 4 is 0 Å². The molecule has 0 fully saturated rings. The van der Waals surface area contributed by atoms with Gasteiger partial charge in [-0.15, -0.1) is 0 Å². The maximum Gasteiger partial charge on any atom is 0.213 e. The van der Waals surface area contributed by atoms with Gasteiger partial charge in [0, 0.05) is 18.7 Å². The smallest absolute Gasteiger partial charge is 0.213 e. The van der Waals surface area contributed by atoms with Gasteiger partial charge in [0.2, 0.25) is 5.88 Å². The molecule has 114 valence electrons. The number of nitrogens with zero attached hydrogens (tertiary/aromatic N) is 3. The zero-order valence-corrected chi connectivity index (χ0v) is 12.1. The Morgan fingerprint density at radius 2 is 2.17 bits per heavy atom. The van der Waals surface area contributed by atoms with Gasteiger partial charge in [-0.05, 0) is 23.8 Å². The predicted octanol–water partition coefficient (Wildman–Crippen LogP) is 3.25. The zero-order valence-electron chi connectivity index (χ0n) is 12.1. The van der Waals surface area contributed by atoms with Gasteiger partial charge in [-0.2, -0.15) is 5.26 Å². The van der Waals surface area contributed by atoms with Crippen LogP contribution in [0.25, 0.3) is 0 Å². The van der Waals surface area contributed by atoms with Crippen LogP contribution < -0.4 is 4.74 Å². The van der Waals surface area contributed by atoms with Crippen molar-refractivity contribution in [3.63, 3.8) is 0 Å². The molecular weight excluding hydrogens is 297 g/mol. The topological polar surface area (TPSA) is 71.9 Å². The molecule has 3 aromatic rings. The Kier molecular flexibility index (Phi) is 4.29. The summed E-state index contributed by atoms with van der Waals surface area (Å²) in [4.78, 5) is 4.03. The maximum atomic E-state index is 13.2. The van der Waals surface area contributed by atoms with Crippen LogP contribution in [-0.4, -0.2) is 10.1 Å². The average molecular weight is 309 g/mol. The highest BCUT2D eigenvalue weighted by Crippen LogP contribution is 2.16. The fourth-order valence-corrected chi connectivity index (χ4v) is 2.07. The first-order valence-corrected chi connectivity index (χ1v) is 6.90. The highest BCUT2D eigenvalue weighted by Gasteiger charge is 2.10. The largest absolute Gasteiger partial charge is 0.473 e. The van der Waals surface area contributed by atoms with Gasteiger partial charge in [-0.1, -0.05) is 17.3 Å². The van der Waals surface area contributed by atoms with E-state index in [1.54, 1.807) is 18.2 Å². The van der Waals surface area contributed by atoms with Crippen LogP contribution in [0.1, 0.15) is 22.4 Å². The third kappa shape index (κ3) is 3.71. The van der Waals surface area contributed by atoms with Crippen LogP contribution >= 0.6 is 0 Å². The second-order valence-corrected chi connectivity index (χ2v) is 4.88. The summed E-state index contributed by atoms with van der Waals surface area (Å²) >= 11 is 0. The molecule has 6 heteroatoms. The fourth-order valence-electron chi connectivity index (χ4n) is 2.07. The number of aromatic nitrogens is 2.